The van der Waals surface area contributed by atoms with Crippen molar-refractivity contribution in [1.29, 1.82) is 0 Å². The lowest BCUT2D eigenvalue weighted by molar-refractivity contribution is 0.288. The van der Waals surface area contributed by atoms with Gasteiger partial charge in [-0.15, -0.1) is 0 Å². The standard InChI is InChI=1S/C20H33N3O2/c1-15(2)23-19(21-3)22-14-20(11-7-6-8-12-20)16-9-10-17(24-4)18(13-16)25-5/h9-10,13,15H,6-8,11-12,14H2,1-5H3,(H2,21,22,23). The molecule has 5 nitrogen and oxygen atoms in total. The van der Waals surface area contributed by atoms with Gasteiger partial charge in [0.05, 0.1) is 14.2 Å². The Hall–Kier alpha value is -1.91. The van der Waals surface area contributed by atoms with Crippen LogP contribution in [0.4, 0.5) is 0 Å². The molecule has 1 saturated carbocycles. The third-order valence-electron chi connectivity index (χ3n) is 5.05. The molecule has 0 unspecified atom stereocenters. The molecule has 1 aromatic carbocycles. The van der Waals surface area contributed by atoms with Crippen LogP contribution >= 0.6 is 0 Å². The molecule has 2 rings (SSSR count). The molecule has 0 radical (unpaired) electrons. The van der Waals surface area contributed by atoms with Crippen LogP contribution in [-0.4, -0.2) is 39.8 Å². The molecule has 0 atom stereocenters. The smallest absolute Gasteiger partial charge is 0.191 e. The van der Waals surface area contributed by atoms with Gasteiger partial charge in [0.15, 0.2) is 17.5 Å². The van der Waals surface area contributed by atoms with Crippen molar-refractivity contribution in [1.82, 2.24) is 10.6 Å². The average Bonchev–Trinajstić information content (AvgIpc) is 2.64. The van der Waals surface area contributed by atoms with Gasteiger partial charge in [-0.25, -0.2) is 0 Å². The monoisotopic (exact) mass is 347 g/mol. The molecular weight excluding hydrogens is 314 g/mol. The summed E-state index contributed by atoms with van der Waals surface area (Å²) >= 11 is 0. The van der Waals surface area contributed by atoms with E-state index in [0.29, 0.717) is 6.04 Å². The molecule has 1 aromatic rings. The van der Waals surface area contributed by atoms with Crippen molar-refractivity contribution in [3.8, 4) is 11.5 Å². The van der Waals surface area contributed by atoms with E-state index in [1.54, 1.807) is 14.2 Å². The number of rotatable bonds is 6. The van der Waals surface area contributed by atoms with Gasteiger partial charge in [-0.2, -0.15) is 0 Å². The highest BCUT2D eigenvalue weighted by atomic mass is 16.5. The SMILES string of the molecule is CN=C(NCC1(c2ccc(OC)c(OC)c2)CCCCC1)NC(C)C. The molecule has 0 saturated heterocycles. The van der Waals surface area contributed by atoms with Crippen LogP contribution in [0, 0.1) is 0 Å². The van der Waals surface area contributed by atoms with Gasteiger partial charge < -0.3 is 20.1 Å². The lowest BCUT2D eigenvalue weighted by Crippen LogP contribution is -2.48. The molecule has 0 aromatic heterocycles. The van der Waals surface area contributed by atoms with E-state index in [-0.39, 0.29) is 5.41 Å². The Morgan fingerprint density at radius 3 is 2.36 bits per heavy atom. The summed E-state index contributed by atoms with van der Waals surface area (Å²) < 4.78 is 10.9. The lowest BCUT2D eigenvalue weighted by atomic mass is 9.69. The van der Waals surface area contributed by atoms with E-state index in [4.69, 9.17) is 9.47 Å². The fourth-order valence-electron chi connectivity index (χ4n) is 3.68. The number of hydrogen-bond acceptors (Lipinski definition) is 3. The molecule has 25 heavy (non-hydrogen) atoms. The predicted octanol–water partition coefficient (Wildman–Crippen LogP) is 3.48. The highest BCUT2D eigenvalue weighted by Gasteiger charge is 2.34. The molecule has 140 valence electrons. The quantitative estimate of drug-likeness (QED) is 0.611. The molecule has 1 fully saturated rings. The van der Waals surface area contributed by atoms with E-state index >= 15 is 0 Å². The first kappa shape index (κ1) is 19.4. The first-order valence-corrected chi connectivity index (χ1v) is 9.24. The minimum atomic E-state index is 0.104. The third-order valence-corrected chi connectivity index (χ3v) is 5.05. The van der Waals surface area contributed by atoms with Crippen LogP contribution < -0.4 is 20.1 Å². The maximum Gasteiger partial charge on any atom is 0.191 e. The Morgan fingerprint density at radius 2 is 1.80 bits per heavy atom. The fraction of sp³-hybridized carbons (Fsp3) is 0.650. The molecule has 1 aliphatic rings. The molecule has 0 heterocycles. The van der Waals surface area contributed by atoms with Gasteiger partial charge in [0.25, 0.3) is 0 Å². The van der Waals surface area contributed by atoms with Crippen molar-refractivity contribution in [2.75, 3.05) is 27.8 Å². The van der Waals surface area contributed by atoms with Crippen LogP contribution in [0.15, 0.2) is 23.2 Å². The minimum absolute atomic E-state index is 0.104. The molecule has 1 aliphatic carbocycles. The minimum Gasteiger partial charge on any atom is -0.493 e. The first-order chi connectivity index (χ1) is 12.0. The number of ether oxygens (including phenoxy) is 2. The lowest BCUT2D eigenvalue weighted by Gasteiger charge is -2.39. The number of methoxy groups -OCH3 is 2. The van der Waals surface area contributed by atoms with Gasteiger partial charge in [0.1, 0.15) is 0 Å². The Balaban J connectivity index is 2.25. The number of aliphatic imine (C=N–C) groups is 1. The second-order valence-corrected chi connectivity index (χ2v) is 7.14. The van der Waals surface area contributed by atoms with Gasteiger partial charge in [0.2, 0.25) is 0 Å². The van der Waals surface area contributed by atoms with Gasteiger partial charge in [-0.3, -0.25) is 4.99 Å². The van der Waals surface area contributed by atoms with E-state index in [1.807, 2.05) is 13.1 Å². The summed E-state index contributed by atoms with van der Waals surface area (Å²) in [5, 5.41) is 6.92. The van der Waals surface area contributed by atoms with Gasteiger partial charge >= 0.3 is 0 Å². The molecular formula is C20H33N3O2. The summed E-state index contributed by atoms with van der Waals surface area (Å²) in [7, 11) is 5.19. The zero-order chi connectivity index (χ0) is 18.3. The van der Waals surface area contributed by atoms with Gasteiger partial charge in [0, 0.05) is 25.0 Å². The Bertz CT molecular complexity index is 578. The van der Waals surface area contributed by atoms with Crippen LogP contribution in [0.3, 0.4) is 0 Å². The highest BCUT2D eigenvalue weighted by Crippen LogP contribution is 2.42. The molecule has 5 heteroatoms. The summed E-state index contributed by atoms with van der Waals surface area (Å²) in [4.78, 5) is 4.35. The number of guanidine groups is 1. The number of nitrogens with one attached hydrogen (secondary N) is 2. The summed E-state index contributed by atoms with van der Waals surface area (Å²) in [6.45, 7) is 5.12. The van der Waals surface area contributed by atoms with Crippen molar-refractivity contribution in [3.05, 3.63) is 23.8 Å². The normalized spacial score (nSPS) is 17.3. The number of hydrogen-bond donors (Lipinski definition) is 2. The maximum absolute atomic E-state index is 5.53. The van der Waals surface area contributed by atoms with Crippen LogP contribution in [0.2, 0.25) is 0 Å². The second-order valence-electron chi connectivity index (χ2n) is 7.14. The van der Waals surface area contributed by atoms with Crippen molar-refractivity contribution >= 4 is 5.96 Å². The summed E-state index contributed by atoms with van der Waals surface area (Å²) in [5.41, 5.74) is 1.42. The molecule has 2 N–H and O–H groups in total. The Morgan fingerprint density at radius 1 is 1.12 bits per heavy atom. The van der Waals surface area contributed by atoms with Gasteiger partial charge in [-0.05, 0) is 44.4 Å². The van der Waals surface area contributed by atoms with Gasteiger partial charge in [-0.1, -0.05) is 25.3 Å². The topological polar surface area (TPSA) is 54.9 Å². The fourth-order valence-corrected chi connectivity index (χ4v) is 3.68. The van der Waals surface area contributed by atoms with Crippen molar-refractivity contribution < 1.29 is 9.47 Å². The van der Waals surface area contributed by atoms with Crippen LogP contribution in [-0.2, 0) is 5.41 Å². The third kappa shape index (κ3) is 4.80. The Kier molecular flexibility index (Phi) is 6.97. The van der Waals surface area contributed by atoms with E-state index in [9.17, 15) is 0 Å². The average molecular weight is 348 g/mol. The zero-order valence-corrected chi connectivity index (χ0v) is 16.3. The zero-order valence-electron chi connectivity index (χ0n) is 16.3. The maximum atomic E-state index is 5.53. The largest absolute Gasteiger partial charge is 0.493 e. The number of benzene rings is 1. The summed E-state index contributed by atoms with van der Waals surface area (Å²) in [6, 6.07) is 6.71. The number of nitrogens with zero attached hydrogens (tertiary/aromatic N) is 1. The summed E-state index contributed by atoms with van der Waals surface area (Å²) in [5.74, 6) is 2.44. The molecule has 0 bridgehead atoms. The van der Waals surface area contributed by atoms with E-state index in [1.165, 1.54) is 37.7 Å². The van der Waals surface area contributed by atoms with Crippen molar-refractivity contribution in [2.45, 2.75) is 57.4 Å². The highest BCUT2D eigenvalue weighted by molar-refractivity contribution is 5.80. The van der Waals surface area contributed by atoms with Crippen LogP contribution in [0.25, 0.3) is 0 Å². The predicted molar refractivity (Wildman–Crippen MR) is 104 cm³/mol. The van der Waals surface area contributed by atoms with Crippen LogP contribution in [0.5, 0.6) is 11.5 Å². The summed E-state index contributed by atoms with van der Waals surface area (Å²) in [6.07, 6.45) is 6.18. The first-order valence-electron chi connectivity index (χ1n) is 9.24. The molecule has 0 amide bonds. The van der Waals surface area contributed by atoms with E-state index in [2.05, 4.69) is 41.6 Å². The van der Waals surface area contributed by atoms with Crippen molar-refractivity contribution in [3.63, 3.8) is 0 Å². The van der Waals surface area contributed by atoms with E-state index < -0.39 is 0 Å². The van der Waals surface area contributed by atoms with E-state index in [0.717, 1.165) is 24.0 Å². The van der Waals surface area contributed by atoms with Crippen LogP contribution in [0.1, 0.15) is 51.5 Å². The second kappa shape index (κ2) is 8.97. The molecule has 0 aliphatic heterocycles. The van der Waals surface area contributed by atoms with Crippen molar-refractivity contribution in [2.24, 2.45) is 4.99 Å². The molecule has 0 spiro atoms. The Labute approximate surface area is 152 Å².